The normalized spacial score (nSPS) is 29.9. The summed E-state index contributed by atoms with van der Waals surface area (Å²) in [7, 11) is 0. The van der Waals surface area contributed by atoms with Gasteiger partial charge in [-0.15, -0.1) is 52.9 Å². The average molecular weight is 705 g/mol. The third kappa shape index (κ3) is 6.84. The van der Waals surface area contributed by atoms with Crippen molar-refractivity contribution < 1.29 is 42.0 Å². The molecule has 3 N–H and O–H groups in total. The maximum atomic E-state index is 12.2. The second-order valence-electron chi connectivity index (χ2n) is 12.4. The smallest absolute Gasteiger partial charge is 0.675 e. The molecule has 0 radical (unpaired) electrons. The summed E-state index contributed by atoms with van der Waals surface area (Å²) in [4.78, 5) is 28.9. The van der Waals surface area contributed by atoms with Gasteiger partial charge in [0.15, 0.2) is 0 Å². The summed E-state index contributed by atoms with van der Waals surface area (Å²) in [5.41, 5.74) is 6.60. The molecule has 4 aliphatic heterocycles. The van der Waals surface area contributed by atoms with Crippen LogP contribution in [0, 0.1) is 6.92 Å². The largest absolute Gasteiger partial charge is 4.00 e. The molecule has 5 heterocycles. The maximum absolute atomic E-state index is 12.2. The Hall–Kier alpha value is -2.60. The molecule has 0 aliphatic carbocycles. The van der Waals surface area contributed by atoms with Gasteiger partial charge in [-0.25, -0.2) is 0 Å². The van der Waals surface area contributed by atoms with Gasteiger partial charge in [-0.2, -0.15) is 12.6 Å². The summed E-state index contributed by atoms with van der Waals surface area (Å²) in [6.45, 7) is 11.7. The number of rotatable bonds is 7. The predicted octanol–water partition coefficient (Wildman–Crippen LogP) is 5.07. The minimum Gasteiger partial charge on any atom is -0.675 e. The van der Waals surface area contributed by atoms with Crippen molar-refractivity contribution in [3.8, 4) is 0 Å². The molecular formula is C34H40FeN4O5S2. The fourth-order valence-corrected chi connectivity index (χ4v) is 7.79. The molecule has 0 amide bonds. The van der Waals surface area contributed by atoms with Crippen molar-refractivity contribution in [1.29, 1.82) is 0 Å². The molecule has 1 aromatic heterocycles. The topological polar surface area (TPSA) is 151 Å². The number of hydrogen-bond donors (Lipinski definition) is 5. The Labute approximate surface area is 291 Å². The van der Waals surface area contributed by atoms with Crippen molar-refractivity contribution in [2.45, 2.75) is 103 Å². The molecule has 0 aromatic carbocycles. The van der Waals surface area contributed by atoms with E-state index in [1.54, 1.807) is 0 Å². The van der Waals surface area contributed by atoms with E-state index in [2.05, 4.69) is 12.6 Å². The van der Waals surface area contributed by atoms with E-state index in [1.807, 2.05) is 59.8 Å². The number of aliphatic carboxylic acids is 2. The van der Waals surface area contributed by atoms with Gasteiger partial charge in [0.2, 0.25) is 0 Å². The summed E-state index contributed by atoms with van der Waals surface area (Å²) < 4.78 is 0. The summed E-state index contributed by atoms with van der Waals surface area (Å²) in [5, 5.41) is 47.5. The molecule has 9 nitrogen and oxygen atoms in total. The predicted molar refractivity (Wildman–Crippen MR) is 183 cm³/mol. The van der Waals surface area contributed by atoms with Gasteiger partial charge in [0.25, 0.3) is 0 Å². The number of carbonyl (C=O) groups is 2. The van der Waals surface area contributed by atoms with Crippen LogP contribution in [0.5, 0.6) is 0 Å². The van der Waals surface area contributed by atoms with E-state index in [0.717, 1.165) is 39.0 Å². The third-order valence-electron chi connectivity index (χ3n) is 9.36. The van der Waals surface area contributed by atoms with Crippen LogP contribution in [-0.4, -0.2) is 56.4 Å². The second-order valence-corrected chi connectivity index (χ2v) is 13.8. The number of allylic oxidation sites excluding steroid dienone is 3. The molecule has 0 spiro atoms. The summed E-state index contributed by atoms with van der Waals surface area (Å²) in [5.74, 6) is -1.81. The molecule has 0 saturated heterocycles. The van der Waals surface area contributed by atoms with Crippen LogP contribution >= 0.6 is 25.3 Å². The Balaban J connectivity index is 0.00000480. The van der Waals surface area contributed by atoms with Crippen molar-refractivity contribution in [2.24, 2.45) is 0 Å². The quantitative estimate of drug-likeness (QED) is 0.152. The van der Waals surface area contributed by atoms with E-state index in [4.69, 9.17) is 33.6 Å². The molecule has 5 rings (SSSR count). The Morgan fingerprint density at radius 1 is 1.02 bits per heavy atom. The van der Waals surface area contributed by atoms with Crippen LogP contribution in [0.15, 0.2) is 55.8 Å². The Morgan fingerprint density at radius 2 is 1.65 bits per heavy atom. The van der Waals surface area contributed by atoms with Crippen LogP contribution in [0.1, 0.15) is 71.4 Å². The summed E-state index contributed by atoms with van der Waals surface area (Å²) in [6, 6.07) is -1.17. The zero-order valence-electron chi connectivity index (χ0n) is 26.8. The molecule has 1 aromatic rings. The first-order valence-corrected chi connectivity index (χ1v) is 16.1. The minimum atomic E-state index is -1.56. The maximum Gasteiger partial charge on any atom is 4.00 e. The van der Waals surface area contributed by atoms with Gasteiger partial charge in [-0.3, -0.25) is 9.59 Å². The van der Waals surface area contributed by atoms with Crippen LogP contribution in [0.2, 0.25) is 0 Å². The van der Waals surface area contributed by atoms with Gasteiger partial charge >= 0.3 is 29.0 Å². The number of carboxylic acid groups (broad SMARTS) is 2. The fraction of sp³-hybridized carbons (Fsp3) is 0.471. The number of carboxylic acids is 2. The monoisotopic (exact) mass is 704 g/mol. The van der Waals surface area contributed by atoms with Crippen LogP contribution < -0.4 is 15.7 Å². The van der Waals surface area contributed by atoms with Gasteiger partial charge in [0, 0.05) is 23.8 Å². The van der Waals surface area contributed by atoms with Crippen molar-refractivity contribution in [3.05, 3.63) is 93.6 Å². The number of thiol groups is 2. The summed E-state index contributed by atoms with van der Waals surface area (Å²) in [6.07, 6.45) is 6.47. The number of aliphatic hydroxyl groups is 1. The molecule has 246 valence electrons. The zero-order chi connectivity index (χ0) is 33.0. The molecule has 5 atom stereocenters. The van der Waals surface area contributed by atoms with E-state index in [1.165, 1.54) is 0 Å². The number of nitrogens with zero attached hydrogens (tertiary/aromatic N) is 4. The molecule has 8 bridgehead atoms. The Morgan fingerprint density at radius 3 is 2.26 bits per heavy atom. The molecule has 0 unspecified atom stereocenters. The third-order valence-corrected chi connectivity index (χ3v) is 9.86. The number of hydrogen-bond acceptors (Lipinski definition) is 5. The molecule has 0 fully saturated rings. The first kappa shape index (κ1) is 36.2. The second kappa shape index (κ2) is 13.9. The Bertz CT molecular complexity index is 1750. The van der Waals surface area contributed by atoms with E-state index in [9.17, 15) is 24.9 Å². The standard InChI is InChI=1S/C34H40N4O5S2.Fe/c1-15-21(7-9-30(39)40)26-13-27-22(8-10-31(41)42)16(2)24(36-27)12-28-32(19(5)44)17(3)29(37-28)14-34(43)33(20(6)45)18(4)25(38-34)11-23(15)35-26;/h11-13,19,26,28-29,43-45H,7-10,14H2,1-6H3,(H,39,40)(H,41,42);/q-4;+4/b23-11-,24-12-,27-13-,33-20+;/t19-,26+,28+,29+,34+;/m0./s1. The number of aromatic nitrogens is 1. The summed E-state index contributed by atoms with van der Waals surface area (Å²) >= 11 is 9.46. The molecule has 0 saturated carbocycles. The van der Waals surface area contributed by atoms with Crippen LogP contribution in [0.4, 0.5) is 0 Å². The first-order chi connectivity index (χ1) is 21.1. The number of fused-ring (bicyclic) bond motifs is 8. The average Bonchev–Trinajstić information content (AvgIpc) is 3.57. The SMILES string of the molecule is CC1=C(CCC(=O)O)[C@H]2/C=c3\[n-]/c(c(C)c3CCC(=O)O)=C\[C@H]3[N-][C@H](C[C@]4(O)[N-]C(=C(C)C/4=C(/C)S)/C=C/1[N-]2)C(C)=C3[C@H](C)S.[Fe+4]. The van der Waals surface area contributed by atoms with E-state index in [-0.39, 0.29) is 53.7 Å². The van der Waals surface area contributed by atoms with Gasteiger partial charge < -0.3 is 36.3 Å². The van der Waals surface area contributed by atoms with Gasteiger partial charge in [-0.1, -0.05) is 57.2 Å². The minimum absolute atomic E-state index is 0. The molecule has 46 heavy (non-hydrogen) atoms. The molecule has 12 heteroatoms. The Kier molecular flexibility index (Phi) is 10.9. The van der Waals surface area contributed by atoms with E-state index >= 15 is 0 Å². The van der Waals surface area contributed by atoms with Crippen LogP contribution in [0.3, 0.4) is 0 Å². The molecule has 4 aliphatic rings. The van der Waals surface area contributed by atoms with Crippen LogP contribution in [0.25, 0.3) is 28.1 Å². The fourth-order valence-electron chi connectivity index (χ4n) is 7.09. The van der Waals surface area contributed by atoms with Crippen molar-refractivity contribution in [2.75, 3.05) is 0 Å². The van der Waals surface area contributed by atoms with Crippen molar-refractivity contribution in [3.63, 3.8) is 0 Å². The zero-order valence-corrected chi connectivity index (χ0v) is 29.7. The van der Waals surface area contributed by atoms with Crippen LogP contribution in [-0.2, 0) is 33.1 Å². The van der Waals surface area contributed by atoms with Gasteiger partial charge in [0.1, 0.15) is 0 Å². The van der Waals surface area contributed by atoms with Crippen molar-refractivity contribution >= 4 is 49.3 Å². The van der Waals surface area contributed by atoms with Gasteiger partial charge in [0.05, 0.1) is 0 Å². The first-order valence-electron chi connectivity index (χ1n) is 15.2. The van der Waals surface area contributed by atoms with E-state index in [0.29, 0.717) is 45.4 Å². The van der Waals surface area contributed by atoms with Crippen molar-refractivity contribution in [1.82, 2.24) is 4.98 Å². The van der Waals surface area contributed by atoms with Gasteiger partial charge in [-0.05, 0) is 71.3 Å². The molecular weight excluding hydrogens is 664 g/mol. The van der Waals surface area contributed by atoms with E-state index < -0.39 is 23.7 Å².